The van der Waals surface area contributed by atoms with Crippen LogP contribution in [0.5, 0.6) is 0 Å². The van der Waals surface area contributed by atoms with Crippen molar-refractivity contribution in [2.24, 2.45) is 0 Å². The van der Waals surface area contributed by atoms with E-state index in [0.717, 1.165) is 39.1 Å². The molecule has 0 saturated carbocycles. The first kappa shape index (κ1) is 14.9. The molecule has 0 aliphatic carbocycles. The highest BCUT2D eigenvalue weighted by molar-refractivity contribution is 4.89. The number of aliphatic hydroxyl groups excluding tert-OH is 1. The lowest BCUT2D eigenvalue weighted by atomic mass is 9.99. The van der Waals surface area contributed by atoms with Crippen LogP contribution in [-0.4, -0.2) is 72.9 Å². The summed E-state index contributed by atoms with van der Waals surface area (Å²) in [5, 5.41) is 12.8. The first-order valence-corrected chi connectivity index (χ1v) is 6.77. The van der Waals surface area contributed by atoms with Gasteiger partial charge < -0.3 is 10.4 Å². The lowest BCUT2D eigenvalue weighted by Crippen LogP contribution is -2.59. The maximum absolute atomic E-state index is 9.37. The third kappa shape index (κ3) is 4.54. The van der Waals surface area contributed by atoms with E-state index < -0.39 is 0 Å². The van der Waals surface area contributed by atoms with Gasteiger partial charge >= 0.3 is 0 Å². The summed E-state index contributed by atoms with van der Waals surface area (Å²) >= 11 is 0. The molecule has 0 aromatic carbocycles. The summed E-state index contributed by atoms with van der Waals surface area (Å²) < 4.78 is 0. The van der Waals surface area contributed by atoms with Gasteiger partial charge in [-0.05, 0) is 33.9 Å². The Hall–Kier alpha value is -0.160. The Labute approximate surface area is 106 Å². The van der Waals surface area contributed by atoms with Crippen molar-refractivity contribution in [3.8, 4) is 0 Å². The minimum absolute atomic E-state index is 0.217. The van der Waals surface area contributed by atoms with E-state index in [4.69, 9.17) is 0 Å². The molecule has 1 aliphatic rings. The molecule has 0 spiro atoms. The molecule has 4 heteroatoms. The Kier molecular flexibility index (Phi) is 5.86. The Bertz CT molecular complexity index is 221. The fourth-order valence-electron chi connectivity index (χ4n) is 2.34. The predicted molar refractivity (Wildman–Crippen MR) is 72.3 cm³/mol. The molecule has 4 nitrogen and oxygen atoms in total. The van der Waals surface area contributed by atoms with E-state index >= 15 is 0 Å². The van der Waals surface area contributed by atoms with Crippen LogP contribution in [0.3, 0.4) is 0 Å². The van der Waals surface area contributed by atoms with Gasteiger partial charge in [-0.2, -0.15) is 0 Å². The number of aliphatic hydroxyl groups is 1. The molecule has 1 rings (SSSR count). The van der Waals surface area contributed by atoms with Crippen molar-refractivity contribution in [1.29, 1.82) is 0 Å². The first-order valence-electron chi connectivity index (χ1n) is 6.77. The number of piperazine rings is 1. The molecule has 0 aromatic heterocycles. The fourth-order valence-corrected chi connectivity index (χ4v) is 2.34. The second-order valence-corrected chi connectivity index (χ2v) is 5.80. The lowest BCUT2D eigenvalue weighted by molar-refractivity contribution is 0.0312. The molecule has 17 heavy (non-hydrogen) atoms. The second-order valence-electron chi connectivity index (χ2n) is 5.80. The molecule has 1 saturated heterocycles. The Morgan fingerprint density at radius 3 is 2.59 bits per heavy atom. The van der Waals surface area contributed by atoms with Crippen LogP contribution in [0.4, 0.5) is 0 Å². The largest absolute Gasteiger partial charge is 0.395 e. The molecule has 0 aromatic rings. The molecule has 1 unspecified atom stereocenters. The molecular weight excluding hydrogens is 214 g/mol. The normalized spacial score (nSPS) is 23.8. The van der Waals surface area contributed by atoms with Crippen molar-refractivity contribution >= 4 is 0 Å². The Morgan fingerprint density at radius 1 is 1.35 bits per heavy atom. The van der Waals surface area contributed by atoms with E-state index in [-0.39, 0.29) is 18.2 Å². The van der Waals surface area contributed by atoms with Crippen molar-refractivity contribution in [3.05, 3.63) is 0 Å². The average Bonchev–Trinajstić information content (AvgIpc) is 2.28. The van der Waals surface area contributed by atoms with E-state index in [0.29, 0.717) is 0 Å². The third-order valence-electron chi connectivity index (χ3n) is 3.78. The van der Waals surface area contributed by atoms with Crippen molar-refractivity contribution < 1.29 is 5.11 Å². The van der Waals surface area contributed by atoms with Gasteiger partial charge in [0.05, 0.1) is 6.61 Å². The van der Waals surface area contributed by atoms with E-state index in [9.17, 15) is 5.11 Å². The maximum atomic E-state index is 9.37. The standard InChI is InChI=1S/C13H29N3O/c1-5-6-14-12(10-17)9-16-8-7-15(4)13(2,3)11-16/h12,14,17H,5-11H2,1-4H3. The van der Waals surface area contributed by atoms with Crippen molar-refractivity contribution in [1.82, 2.24) is 15.1 Å². The molecule has 1 heterocycles. The van der Waals surface area contributed by atoms with Crippen LogP contribution in [0, 0.1) is 0 Å². The quantitative estimate of drug-likeness (QED) is 0.707. The fraction of sp³-hybridized carbons (Fsp3) is 1.00. The van der Waals surface area contributed by atoms with Gasteiger partial charge in [0.25, 0.3) is 0 Å². The van der Waals surface area contributed by atoms with Gasteiger partial charge in [0.1, 0.15) is 0 Å². The number of hydrogen-bond donors (Lipinski definition) is 2. The zero-order valence-electron chi connectivity index (χ0n) is 11.9. The maximum Gasteiger partial charge on any atom is 0.0597 e. The van der Waals surface area contributed by atoms with E-state index in [2.05, 4.69) is 42.9 Å². The summed E-state index contributed by atoms with van der Waals surface area (Å²) in [6, 6.07) is 0.217. The van der Waals surface area contributed by atoms with Gasteiger partial charge in [0.2, 0.25) is 0 Å². The highest BCUT2D eigenvalue weighted by Gasteiger charge is 2.31. The molecule has 0 radical (unpaired) electrons. The van der Waals surface area contributed by atoms with E-state index in [1.54, 1.807) is 0 Å². The molecule has 1 atom stereocenters. The number of hydrogen-bond acceptors (Lipinski definition) is 4. The highest BCUT2D eigenvalue weighted by Crippen LogP contribution is 2.18. The van der Waals surface area contributed by atoms with E-state index in [1.807, 2.05) is 0 Å². The van der Waals surface area contributed by atoms with Gasteiger partial charge in [-0.15, -0.1) is 0 Å². The van der Waals surface area contributed by atoms with Gasteiger partial charge in [0, 0.05) is 37.8 Å². The van der Waals surface area contributed by atoms with Crippen LogP contribution in [-0.2, 0) is 0 Å². The van der Waals surface area contributed by atoms with Gasteiger partial charge in [-0.3, -0.25) is 9.80 Å². The number of nitrogens with zero attached hydrogens (tertiary/aromatic N) is 2. The molecule has 2 N–H and O–H groups in total. The molecule has 0 amide bonds. The first-order chi connectivity index (χ1) is 7.99. The summed E-state index contributed by atoms with van der Waals surface area (Å²) in [5.41, 5.74) is 0.239. The highest BCUT2D eigenvalue weighted by atomic mass is 16.3. The van der Waals surface area contributed by atoms with Crippen LogP contribution in [0.1, 0.15) is 27.2 Å². The predicted octanol–water partition coefficient (Wildman–Crippen LogP) is 0.373. The zero-order chi connectivity index (χ0) is 12.9. The van der Waals surface area contributed by atoms with Gasteiger partial charge in [-0.1, -0.05) is 6.92 Å². The molecule has 0 bridgehead atoms. The summed E-state index contributed by atoms with van der Waals surface area (Å²) in [5.74, 6) is 0. The van der Waals surface area contributed by atoms with Crippen molar-refractivity contribution in [3.63, 3.8) is 0 Å². The molecule has 1 aliphatic heterocycles. The summed E-state index contributed by atoms with van der Waals surface area (Å²) in [6.07, 6.45) is 1.12. The minimum atomic E-state index is 0.217. The van der Waals surface area contributed by atoms with Crippen LogP contribution < -0.4 is 5.32 Å². The summed E-state index contributed by atoms with van der Waals surface area (Å²) in [4.78, 5) is 4.88. The summed E-state index contributed by atoms with van der Waals surface area (Å²) in [6.45, 7) is 12.2. The van der Waals surface area contributed by atoms with E-state index in [1.165, 1.54) is 0 Å². The number of likely N-dealkylation sites (N-methyl/N-ethyl adjacent to an activating group) is 1. The van der Waals surface area contributed by atoms with Crippen LogP contribution in [0.15, 0.2) is 0 Å². The lowest BCUT2D eigenvalue weighted by Gasteiger charge is -2.46. The SMILES string of the molecule is CCCNC(CO)CN1CCN(C)C(C)(C)C1. The van der Waals surface area contributed by atoms with Crippen LogP contribution in [0.2, 0.25) is 0 Å². The molecular formula is C13H29N3O. The Morgan fingerprint density at radius 2 is 2.06 bits per heavy atom. The number of rotatable bonds is 6. The zero-order valence-corrected chi connectivity index (χ0v) is 11.9. The second kappa shape index (κ2) is 6.69. The molecule has 1 fully saturated rings. The average molecular weight is 243 g/mol. The summed E-state index contributed by atoms with van der Waals surface area (Å²) in [7, 11) is 2.19. The minimum Gasteiger partial charge on any atom is -0.395 e. The Balaban J connectivity index is 2.40. The topological polar surface area (TPSA) is 38.7 Å². The smallest absolute Gasteiger partial charge is 0.0597 e. The van der Waals surface area contributed by atoms with Crippen LogP contribution >= 0.6 is 0 Å². The monoisotopic (exact) mass is 243 g/mol. The number of nitrogens with one attached hydrogen (secondary N) is 1. The van der Waals surface area contributed by atoms with Crippen LogP contribution in [0.25, 0.3) is 0 Å². The van der Waals surface area contributed by atoms with Crippen molar-refractivity contribution in [2.75, 3.05) is 46.4 Å². The van der Waals surface area contributed by atoms with Gasteiger partial charge in [-0.25, -0.2) is 0 Å². The third-order valence-corrected chi connectivity index (χ3v) is 3.78. The van der Waals surface area contributed by atoms with Gasteiger partial charge in [0.15, 0.2) is 0 Å². The van der Waals surface area contributed by atoms with Crippen molar-refractivity contribution in [2.45, 2.75) is 38.8 Å². The molecule has 102 valence electrons.